The van der Waals surface area contributed by atoms with E-state index >= 15 is 0 Å². The lowest BCUT2D eigenvalue weighted by Gasteiger charge is -2.16. The number of amides is 2. The molecule has 6 nitrogen and oxygen atoms in total. The molecule has 6 heteroatoms. The molecule has 1 heterocycles. The highest BCUT2D eigenvalue weighted by molar-refractivity contribution is 5.88. The van der Waals surface area contributed by atoms with Crippen molar-refractivity contribution in [2.45, 2.75) is 19.8 Å². The summed E-state index contributed by atoms with van der Waals surface area (Å²) in [5, 5.41) is 0. The molecule has 1 fully saturated rings. The zero-order valence-corrected chi connectivity index (χ0v) is 13.5. The molecule has 23 heavy (non-hydrogen) atoms. The minimum Gasteiger partial charge on any atom is -0.379 e. The average Bonchev–Trinajstić information content (AvgIpc) is 2.94. The molecule has 0 aromatic heterocycles. The van der Waals surface area contributed by atoms with E-state index in [0.29, 0.717) is 32.9 Å². The Morgan fingerprint density at radius 2 is 2.09 bits per heavy atom. The van der Waals surface area contributed by atoms with Crippen molar-refractivity contribution in [2.75, 3.05) is 32.9 Å². The summed E-state index contributed by atoms with van der Waals surface area (Å²) in [7, 11) is 0. The number of nitrogens with zero attached hydrogens (tertiary/aromatic N) is 1. The molecule has 1 saturated heterocycles. The van der Waals surface area contributed by atoms with Crippen LogP contribution in [0.3, 0.4) is 0 Å². The molecule has 0 aliphatic carbocycles. The Hall–Kier alpha value is -1.92. The Bertz CT molecular complexity index is 507. The summed E-state index contributed by atoms with van der Waals surface area (Å²) in [6, 6.07) is 10.0. The minimum absolute atomic E-state index is 0.0235. The molecule has 1 aromatic carbocycles. The fraction of sp³-hybridized carbons (Fsp3) is 0.529. The largest absolute Gasteiger partial charge is 0.379 e. The summed E-state index contributed by atoms with van der Waals surface area (Å²) in [6.45, 7) is 4.34. The van der Waals surface area contributed by atoms with Crippen LogP contribution < -0.4 is 5.48 Å². The zero-order valence-electron chi connectivity index (χ0n) is 13.5. The van der Waals surface area contributed by atoms with Crippen molar-refractivity contribution in [3.8, 4) is 0 Å². The number of hydrogen-bond acceptors (Lipinski definition) is 4. The third-order valence-corrected chi connectivity index (χ3v) is 3.81. The molecular formula is C17H24N2O4. The van der Waals surface area contributed by atoms with Gasteiger partial charge in [-0.2, -0.15) is 0 Å². The van der Waals surface area contributed by atoms with Crippen LogP contribution in [0.4, 0.5) is 0 Å². The average molecular weight is 320 g/mol. The first-order chi connectivity index (χ1) is 11.2. The third kappa shape index (κ3) is 5.65. The van der Waals surface area contributed by atoms with Crippen molar-refractivity contribution >= 4 is 11.8 Å². The maximum absolute atomic E-state index is 12.0. The molecule has 126 valence electrons. The van der Waals surface area contributed by atoms with Crippen LogP contribution in [0.1, 0.15) is 18.9 Å². The molecule has 0 radical (unpaired) electrons. The molecule has 1 aliphatic heterocycles. The lowest BCUT2D eigenvalue weighted by Crippen LogP contribution is -2.34. The highest BCUT2D eigenvalue weighted by Gasteiger charge is 2.34. The van der Waals surface area contributed by atoms with Crippen LogP contribution in [0.2, 0.25) is 0 Å². The van der Waals surface area contributed by atoms with Gasteiger partial charge in [-0.25, -0.2) is 5.48 Å². The van der Waals surface area contributed by atoms with Crippen molar-refractivity contribution in [3.05, 3.63) is 35.9 Å². The lowest BCUT2D eigenvalue weighted by molar-refractivity contribution is -0.139. The summed E-state index contributed by atoms with van der Waals surface area (Å²) >= 11 is 0. The number of rotatable bonds is 9. The summed E-state index contributed by atoms with van der Waals surface area (Å²) in [6.07, 6.45) is 1.04. The van der Waals surface area contributed by atoms with E-state index in [9.17, 15) is 9.59 Å². The summed E-state index contributed by atoms with van der Waals surface area (Å²) in [4.78, 5) is 30.8. The van der Waals surface area contributed by atoms with Gasteiger partial charge in [0.2, 0.25) is 11.8 Å². The number of ether oxygens (including phenoxy) is 1. The summed E-state index contributed by atoms with van der Waals surface area (Å²) in [5.74, 6) is -0.558. The van der Waals surface area contributed by atoms with Crippen LogP contribution in [-0.4, -0.2) is 49.6 Å². The first-order valence-electron chi connectivity index (χ1n) is 8.01. The molecule has 0 saturated carbocycles. The Kier molecular flexibility index (Phi) is 7.03. The van der Waals surface area contributed by atoms with Gasteiger partial charge < -0.3 is 9.64 Å². The van der Waals surface area contributed by atoms with Crippen LogP contribution in [0, 0.1) is 5.92 Å². The minimum atomic E-state index is -0.342. The van der Waals surface area contributed by atoms with Crippen molar-refractivity contribution in [3.63, 3.8) is 0 Å². The summed E-state index contributed by atoms with van der Waals surface area (Å²) in [5.41, 5.74) is 3.59. The monoisotopic (exact) mass is 320 g/mol. The number of benzene rings is 1. The summed E-state index contributed by atoms with van der Waals surface area (Å²) < 4.78 is 5.11. The topological polar surface area (TPSA) is 67.9 Å². The normalized spacial score (nSPS) is 17.5. The fourth-order valence-electron chi connectivity index (χ4n) is 2.52. The van der Waals surface area contributed by atoms with Crippen LogP contribution in [0.15, 0.2) is 30.3 Å². The first-order valence-corrected chi connectivity index (χ1v) is 8.01. The molecule has 2 rings (SSSR count). The van der Waals surface area contributed by atoms with Gasteiger partial charge >= 0.3 is 0 Å². The van der Waals surface area contributed by atoms with Crippen molar-refractivity contribution in [1.29, 1.82) is 0 Å². The number of likely N-dealkylation sites (tertiary alicyclic amines) is 1. The van der Waals surface area contributed by atoms with Gasteiger partial charge in [0.1, 0.15) is 0 Å². The Labute approximate surface area is 136 Å². The van der Waals surface area contributed by atoms with E-state index in [0.717, 1.165) is 6.42 Å². The second kappa shape index (κ2) is 9.27. The van der Waals surface area contributed by atoms with E-state index < -0.39 is 0 Å². The number of hydroxylamine groups is 1. The predicted octanol–water partition coefficient (Wildman–Crippen LogP) is 1.16. The van der Waals surface area contributed by atoms with Gasteiger partial charge in [0, 0.05) is 26.1 Å². The SMILES string of the molecule is CCOCCONC(=O)[C@H]1CC(=O)N(CCc2ccccc2)C1. The third-order valence-electron chi connectivity index (χ3n) is 3.81. The highest BCUT2D eigenvalue weighted by Crippen LogP contribution is 2.18. The van der Waals surface area contributed by atoms with Crippen molar-refractivity contribution in [1.82, 2.24) is 10.4 Å². The first kappa shape index (κ1) is 17.4. The molecule has 2 amide bonds. The zero-order chi connectivity index (χ0) is 16.5. The van der Waals surface area contributed by atoms with Gasteiger partial charge in [-0.05, 0) is 18.9 Å². The van der Waals surface area contributed by atoms with Crippen molar-refractivity contribution < 1.29 is 19.2 Å². The van der Waals surface area contributed by atoms with Crippen LogP contribution >= 0.6 is 0 Å². The second-order valence-electron chi connectivity index (χ2n) is 5.49. The maximum atomic E-state index is 12.0. The van der Waals surface area contributed by atoms with Gasteiger partial charge in [0.25, 0.3) is 0 Å². The molecule has 0 spiro atoms. The standard InChI is InChI=1S/C17H24N2O4/c1-2-22-10-11-23-18-17(21)15-12-16(20)19(13-15)9-8-14-6-4-3-5-7-14/h3-7,15H,2,8-13H2,1H3,(H,18,21)/t15-/m0/s1. The van der Waals surface area contributed by atoms with Gasteiger partial charge in [-0.15, -0.1) is 0 Å². The molecule has 1 N–H and O–H groups in total. The van der Waals surface area contributed by atoms with E-state index in [4.69, 9.17) is 9.57 Å². The fourth-order valence-corrected chi connectivity index (χ4v) is 2.52. The van der Waals surface area contributed by atoms with Crippen LogP contribution in [0.5, 0.6) is 0 Å². The molecule has 1 aliphatic rings. The smallest absolute Gasteiger partial charge is 0.248 e. The second-order valence-corrected chi connectivity index (χ2v) is 5.49. The predicted molar refractivity (Wildman–Crippen MR) is 85.4 cm³/mol. The lowest BCUT2D eigenvalue weighted by atomic mass is 10.1. The van der Waals surface area contributed by atoms with E-state index in [1.807, 2.05) is 37.3 Å². The van der Waals surface area contributed by atoms with Gasteiger partial charge in [0.15, 0.2) is 0 Å². The Balaban J connectivity index is 1.70. The Morgan fingerprint density at radius 1 is 1.30 bits per heavy atom. The van der Waals surface area contributed by atoms with E-state index in [1.165, 1.54) is 5.56 Å². The van der Waals surface area contributed by atoms with Crippen LogP contribution in [-0.2, 0) is 25.6 Å². The van der Waals surface area contributed by atoms with Gasteiger partial charge in [0.05, 0.1) is 19.1 Å². The molecule has 1 atom stereocenters. The van der Waals surface area contributed by atoms with E-state index in [1.54, 1.807) is 4.90 Å². The molecule has 0 unspecified atom stereocenters. The van der Waals surface area contributed by atoms with E-state index in [2.05, 4.69) is 5.48 Å². The molecule has 1 aromatic rings. The molecule has 0 bridgehead atoms. The van der Waals surface area contributed by atoms with Gasteiger partial charge in [-0.3, -0.25) is 14.4 Å². The van der Waals surface area contributed by atoms with Crippen molar-refractivity contribution in [2.24, 2.45) is 5.92 Å². The van der Waals surface area contributed by atoms with Gasteiger partial charge in [-0.1, -0.05) is 30.3 Å². The quantitative estimate of drug-likeness (QED) is 0.548. The van der Waals surface area contributed by atoms with Crippen LogP contribution in [0.25, 0.3) is 0 Å². The maximum Gasteiger partial charge on any atom is 0.248 e. The number of hydrogen-bond donors (Lipinski definition) is 1. The van der Waals surface area contributed by atoms with E-state index in [-0.39, 0.29) is 24.2 Å². The highest BCUT2D eigenvalue weighted by atomic mass is 16.7. The number of carbonyl (C=O) groups is 2. The Morgan fingerprint density at radius 3 is 2.83 bits per heavy atom. The number of nitrogens with one attached hydrogen (secondary N) is 1. The number of carbonyl (C=O) groups excluding carboxylic acids is 2. The molecular weight excluding hydrogens is 296 g/mol.